The highest BCUT2D eigenvalue weighted by molar-refractivity contribution is 6.18. The minimum absolute atomic E-state index is 0.00435. The Hall–Kier alpha value is -1.97. The van der Waals surface area contributed by atoms with E-state index < -0.39 is 29.3 Å². The number of methoxy groups -OCH3 is 1. The van der Waals surface area contributed by atoms with Gasteiger partial charge in [0.2, 0.25) is 0 Å². The van der Waals surface area contributed by atoms with Gasteiger partial charge in [-0.15, -0.1) is 0 Å². The number of hydrogen-bond acceptors (Lipinski definition) is 8. The summed E-state index contributed by atoms with van der Waals surface area (Å²) < 4.78 is 10.9. The average Bonchev–Trinajstić information content (AvgIpc) is 2.87. The molecular weight excluding hydrogens is 316 g/mol. The number of hydrogen-bond donors (Lipinski definition) is 2. The zero-order valence-electron chi connectivity index (χ0n) is 13.3. The minimum Gasteiger partial charge on any atom is -0.449 e. The smallest absolute Gasteiger partial charge is 0.404 e. The van der Waals surface area contributed by atoms with Crippen molar-refractivity contribution >= 4 is 17.7 Å². The molecule has 128 valence electrons. The lowest BCUT2D eigenvalue weighted by Gasteiger charge is -2.40. The van der Waals surface area contributed by atoms with Crippen LogP contribution in [-0.4, -0.2) is 71.2 Å². The molecule has 5 aliphatic heterocycles. The van der Waals surface area contributed by atoms with E-state index in [2.05, 4.69) is 4.90 Å². The third kappa shape index (κ3) is 1.08. The number of Topliss-reactive ketones (excluding diaryl/α,β-unsaturated/α-hetero) is 2. The van der Waals surface area contributed by atoms with Gasteiger partial charge in [-0.05, 0) is 6.92 Å². The van der Waals surface area contributed by atoms with Crippen molar-refractivity contribution in [1.29, 1.82) is 0 Å². The Morgan fingerprint density at radius 2 is 2.12 bits per heavy atom. The number of piperazine rings is 1. The van der Waals surface area contributed by atoms with Crippen molar-refractivity contribution in [3.63, 3.8) is 0 Å². The van der Waals surface area contributed by atoms with Crippen molar-refractivity contribution in [3.8, 4) is 0 Å². The molecule has 6 aliphatic rings. The molecule has 8 atom stereocenters. The number of ketones is 2. The van der Waals surface area contributed by atoms with Crippen LogP contribution in [0.4, 0.5) is 4.79 Å². The van der Waals surface area contributed by atoms with Gasteiger partial charge in [-0.3, -0.25) is 14.5 Å². The van der Waals surface area contributed by atoms with Gasteiger partial charge < -0.3 is 20.9 Å². The molecule has 5 fully saturated rings. The number of carbonyl (C=O) groups excluding carboxylic acids is 3. The largest absolute Gasteiger partial charge is 0.449 e. The molecule has 3 unspecified atom stereocenters. The van der Waals surface area contributed by atoms with Crippen LogP contribution in [0.3, 0.4) is 0 Å². The first-order chi connectivity index (χ1) is 11.3. The Labute approximate surface area is 137 Å². The van der Waals surface area contributed by atoms with Crippen molar-refractivity contribution in [1.82, 2.24) is 9.80 Å². The van der Waals surface area contributed by atoms with E-state index in [4.69, 9.17) is 20.9 Å². The molecule has 9 heteroatoms. The van der Waals surface area contributed by atoms with Gasteiger partial charge in [-0.25, -0.2) is 9.69 Å². The van der Waals surface area contributed by atoms with Crippen molar-refractivity contribution in [2.24, 2.45) is 23.3 Å². The Balaban J connectivity index is 1.70. The maximum absolute atomic E-state index is 13.2. The zero-order chi connectivity index (χ0) is 17.2. The molecule has 0 aromatic rings. The normalized spacial score (nSPS) is 52.8. The number of ether oxygens (including phenoxy) is 2. The van der Waals surface area contributed by atoms with Crippen LogP contribution in [0.5, 0.6) is 0 Å². The molecule has 9 nitrogen and oxygen atoms in total. The van der Waals surface area contributed by atoms with Gasteiger partial charge >= 0.3 is 6.09 Å². The number of primary amides is 1. The Kier molecular flexibility index (Phi) is 2.29. The lowest BCUT2D eigenvalue weighted by molar-refractivity contribution is -0.141. The van der Waals surface area contributed by atoms with Crippen LogP contribution < -0.4 is 11.5 Å². The molecule has 6 bridgehead atoms. The van der Waals surface area contributed by atoms with Crippen LogP contribution >= 0.6 is 0 Å². The fraction of sp³-hybridized carbons (Fsp3) is 0.667. The zero-order valence-corrected chi connectivity index (χ0v) is 13.3. The van der Waals surface area contributed by atoms with Crippen LogP contribution in [-0.2, 0) is 19.1 Å². The topological polar surface area (TPSA) is 128 Å². The first-order valence-electron chi connectivity index (χ1n) is 7.94. The molecule has 1 aliphatic carbocycles. The van der Waals surface area contributed by atoms with Crippen molar-refractivity contribution in [2.75, 3.05) is 20.3 Å². The highest BCUT2D eigenvalue weighted by Crippen LogP contribution is 2.75. The summed E-state index contributed by atoms with van der Waals surface area (Å²) in [6.07, 6.45) is -0.914. The van der Waals surface area contributed by atoms with Crippen LogP contribution in [0.2, 0.25) is 0 Å². The number of nitrogens with zero attached hydrogens (tertiary/aromatic N) is 2. The molecule has 1 spiro atoms. The third-order valence-electron chi connectivity index (χ3n) is 6.68. The van der Waals surface area contributed by atoms with Gasteiger partial charge in [0, 0.05) is 25.3 Å². The molecule has 4 N–H and O–H groups in total. The summed E-state index contributed by atoms with van der Waals surface area (Å²) in [5, 5.41) is 0. The second-order valence-electron chi connectivity index (χ2n) is 7.16. The van der Waals surface area contributed by atoms with E-state index in [1.54, 1.807) is 14.0 Å². The lowest BCUT2D eigenvalue weighted by Crippen LogP contribution is -2.61. The Bertz CT molecular complexity index is 765. The molecular formula is C15H18N4O5. The Morgan fingerprint density at radius 3 is 2.71 bits per heavy atom. The highest BCUT2D eigenvalue weighted by atomic mass is 16.6. The second-order valence-corrected chi connectivity index (χ2v) is 7.16. The van der Waals surface area contributed by atoms with Crippen LogP contribution in [0, 0.1) is 11.8 Å². The van der Waals surface area contributed by atoms with E-state index in [9.17, 15) is 14.4 Å². The quantitative estimate of drug-likeness (QED) is 0.575. The maximum atomic E-state index is 13.2. The second kappa shape index (κ2) is 3.81. The van der Waals surface area contributed by atoms with E-state index in [-0.39, 0.29) is 36.0 Å². The number of amides is 1. The fourth-order valence-corrected chi connectivity index (χ4v) is 5.98. The van der Waals surface area contributed by atoms with Gasteiger partial charge in [0.15, 0.2) is 17.2 Å². The SMILES string of the molecule is CO[C@]12[C@H](COC(N)=O)[C@H]3C(=O)C(N)=C(C)C(=O)C34N3[C@H]1[C@@H]3CN42. The first-order valence-corrected chi connectivity index (χ1v) is 7.94. The summed E-state index contributed by atoms with van der Waals surface area (Å²) in [6, 6.07) is 0.221. The molecule has 0 radical (unpaired) electrons. The number of carbonyl (C=O) groups is 3. The first kappa shape index (κ1) is 14.4. The van der Waals surface area contributed by atoms with Gasteiger partial charge in [0.1, 0.15) is 12.3 Å². The molecule has 6 rings (SSSR count). The average molecular weight is 334 g/mol. The van der Waals surface area contributed by atoms with Gasteiger partial charge in [0.25, 0.3) is 0 Å². The molecule has 5 saturated heterocycles. The van der Waals surface area contributed by atoms with Gasteiger partial charge in [0.05, 0.1) is 23.6 Å². The predicted octanol–water partition coefficient (Wildman–Crippen LogP) is -1.87. The summed E-state index contributed by atoms with van der Waals surface area (Å²) in [5.41, 5.74) is 9.46. The molecule has 1 amide bonds. The number of rotatable bonds is 3. The number of nitrogens with two attached hydrogens (primary N) is 2. The van der Waals surface area contributed by atoms with E-state index in [1.807, 2.05) is 4.90 Å². The maximum Gasteiger partial charge on any atom is 0.404 e. The molecule has 0 aromatic carbocycles. The fourth-order valence-electron chi connectivity index (χ4n) is 5.98. The summed E-state index contributed by atoms with van der Waals surface area (Å²) in [6.45, 7) is 2.18. The number of allylic oxidation sites excluding steroid dienone is 1. The van der Waals surface area contributed by atoms with Gasteiger partial charge in [-0.2, -0.15) is 0 Å². The van der Waals surface area contributed by atoms with Crippen molar-refractivity contribution in [3.05, 3.63) is 11.3 Å². The van der Waals surface area contributed by atoms with E-state index in [1.165, 1.54) is 0 Å². The number of piperidine rings is 1. The van der Waals surface area contributed by atoms with Gasteiger partial charge in [-0.1, -0.05) is 0 Å². The third-order valence-corrected chi connectivity index (χ3v) is 6.68. The highest BCUT2D eigenvalue weighted by Gasteiger charge is 2.95. The molecule has 0 saturated carbocycles. The molecule has 5 heterocycles. The summed E-state index contributed by atoms with van der Waals surface area (Å²) in [7, 11) is 1.57. The predicted molar refractivity (Wildman–Crippen MR) is 78.0 cm³/mol. The lowest BCUT2D eigenvalue weighted by atomic mass is 9.69. The van der Waals surface area contributed by atoms with Crippen molar-refractivity contribution < 1.29 is 23.9 Å². The van der Waals surface area contributed by atoms with Crippen LogP contribution in [0.25, 0.3) is 0 Å². The van der Waals surface area contributed by atoms with E-state index in [0.29, 0.717) is 12.1 Å². The van der Waals surface area contributed by atoms with E-state index in [0.717, 1.165) is 0 Å². The van der Waals surface area contributed by atoms with Crippen LogP contribution in [0.15, 0.2) is 11.3 Å². The standard InChI is InChI=1S/C15H18N4O5/c1-5-9(16)10(20)8-6(4-24-13(17)22)15(23-2)11-7-3-18(15)14(8,12(5)21)19(7)11/h6-8,11H,3-4,16H2,1-2H3,(H2,17,22)/t6-,7+,8+,11+,14?,15-,19?/m1/s1. The van der Waals surface area contributed by atoms with Crippen molar-refractivity contribution in [2.45, 2.75) is 30.4 Å². The minimum atomic E-state index is -1.04. The summed E-state index contributed by atoms with van der Waals surface area (Å²) >= 11 is 0. The van der Waals surface area contributed by atoms with Crippen LogP contribution in [0.1, 0.15) is 6.92 Å². The summed E-state index contributed by atoms with van der Waals surface area (Å²) in [5.74, 6) is -1.61. The summed E-state index contributed by atoms with van der Waals surface area (Å²) in [4.78, 5) is 41.4. The van der Waals surface area contributed by atoms with E-state index >= 15 is 0 Å². The Morgan fingerprint density at radius 1 is 1.42 bits per heavy atom. The monoisotopic (exact) mass is 334 g/mol. The molecule has 0 aromatic heterocycles. The molecule has 24 heavy (non-hydrogen) atoms.